The molecular weight excluding hydrogens is 330 g/mol. The summed E-state index contributed by atoms with van der Waals surface area (Å²) in [6.07, 6.45) is 3.23. The predicted octanol–water partition coefficient (Wildman–Crippen LogP) is 3.32. The Kier molecular flexibility index (Phi) is 3.35. The van der Waals surface area contributed by atoms with E-state index in [0.29, 0.717) is 39.0 Å². The van der Waals surface area contributed by atoms with Crippen LogP contribution >= 0.6 is 11.6 Å². The average Bonchev–Trinajstić information content (AvgIpc) is 3.23. The minimum Gasteiger partial charge on any atom is -0.493 e. The molecular formula is C16H12ClN5O2. The number of hydrogen-bond donors (Lipinski definition) is 1. The first-order chi connectivity index (χ1) is 11.7. The third kappa shape index (κ3) is 2.35. The van der Waals surface area contributed by atoms with Crippen LogP contribution in [0.1, 0.15) is 0 Å². The Morgan fingerprint density at radius 3 is 2.67 bits per heavy atom. The number of nitrogen functional groups attached to an aromatic ring is 1. The van der Waals surface area contributed by atoms with E-state index >= 15 is 0 Å². The first kappa shape index (κ1) is 14.5. The van der Waals surface area contributed by atoms with Crippen molar-refractivity contribution in [3.05, 3.63) is 48.0 Å². The quantitative estimate of drug-likeness (QED) is 0.575. The molecule has 0 saturated heterocycles. The van der Waals surface area contributed by atoms with Crippen molar-refractivity contribution in [2.45, 2.75) is 0 Å². The van der Waals surface area contributed by atoms with Gasteiger partial charge in [0.25, 0.3) is 0 Å². The molecule has 8 heteroatoms. The van der Waals surface area contributed by atoms with Gasteiger partial charge in [0, 0.05) is 5.56 Å². The Hall–Kier alpha value is -3.06. The maximum absolute atomic E-state index is 6.18. The number of anilines is 1. The van der Waals surface area contributed by atoms with Gasteiger partial charge in [-0.1, -0.05) is 11.6 Å². The lowest BCUT2D eigenvalue weighted by Crippen LogP contribution is -1.94. The van der Waals surface area contributed by atoms with Crippen molar-refractivity contribution in [2.24, 2.45) is 0 Å². The topological polar surface area (TPSA) is 92.0 Å². The predicted molar refractivity (Wildman–Crippen MR) is 90.3 cm³/mol. The van der Waals surface area contributed by atoms with Crippen LogP contribution < -0.4 is 10.5 Å². The van der Waals surface area contributed by atoms with Crippen molar-refractivity contribution >= 4 is 28.4 Å². The summed E-state index contributed by atoms with van der Waals surface area (Å²) in [5.41, 5.74) is 9.32. The van der Waals surface area contributed by atoms with Crippen molar-refractivity contribution in [3.8, 4) is 22.9 Å². The minimum atomic E-state index is 0.403. The van der Waals surface area contributed by atoms with Crippen LogP contribution in [0.4, 0.5) is 5.69 Å². The van der Waals surface area contributed by atoms with Gasteiger partial charge in [-0.2, -0.15) is 0 Å². The van der Waals surface area contributed by atoms with Gasteiger partial charge >= 0.3 is 0 Å². The zero-order chi connectivity index (χ0) is 16.7. The highest BCUT2D eigenvalue weighted by Crippen LogP contribution is 2.36. The first-order valence-electron chi connectivity index (χ1n) is 7.04. The fraction of sp³-hybridized carbons (Fsp3) is 0.0625. The van der Waals surface area contributed by atoms with E-state index in [1.807, 2.05) is 18.2 Å². The van der Waals surface area contributed by atoms with Crippen LogP contribution in [0.2, 0.25) is 5.02 Å². The zero-order valence-electron chi connectivity index (χ0n) is 12.6. The summed E-state index contributed by atoms with van der Waals surface area (Å²) < 4.78 is 12.8. The SMILES string of the molecule is COc1c(N)cc(-c2nc3cc(-n4cnnc4)ccc3o2)cc1Cl. The van der Waals surface area contributed by atoms with Gasteiger partial charge in [0.15, 0.2) is 11.3 Å². The molecule has 2 aromatic heterocycles. The van der Waals surface area contributed by atoms with Crippen LogP contribution in [0.3, 0.4) is 0 Å². The highest BCUT2D eigenvalue weighted by molar-refractivity contribution is 6.32. The molecule has 0 saturated carbocycles. The van der Waals surface area contributed by atoms with E-state index in [9.17, 15) is 0 Å². The molecule has 0 aliphatic carbocycles. The van der Waals surface area contributed by atoms with Crippen molar-refractivity contribution in [1.29, 1.82) is 0 Å². The van der Waals surface area contributed by atoms with Gasteiger partial charge in [-0.15, -0.1) is 10.2 Å². The Labute approximate surface area is 141 Å². The molecule has 0 atom stereocenters. The second-order valence-electron chi connectivity index (χ2n) is 5.12. The average molecular weight is 342 g/mol. The number of hydrogen-bond acceptors (Lipinski definition) is 6. The van der Waals surface area contributed by atoms with E-state index in [0.717, 1.165) is 5.69 Å². The van der Waals surface area contributed by atoms with Crippen molar-refractivity contribution in [3.63, 3.8) is 0 Å². The van der Waals surface area contributed by atoms with E-state index in [1.165, 1.54) is 7.11 Å². The summed E-state index contributed by atoms with van der Waals surface area (Å²) in [4.78, 5) is 4.52. The molecule has 24 heavy (non-hydrogen) atoms. The number of nitrogens with two attached hydrogens (primary N) is 1. The monoisotopic (exact) mass is 341 g/mol. The van der Waals surface area contributed by atoms with Crippen LogP contribution in [-0.4, -0.2) is 26.9 Å². The van der Waals surface area contributed by atoms with Gasteiger partial charge in [-0.3, -0.25) is 4.57 Å². The normalized spacial score (nSPS) is 11.1. The van der Waals surface area contributed by atoms with E-state index < -0.39 is 0 Å². The maximum Gasteiger partial charge on any atom is 0.227 e. The molecule has 2 aromatic carbocycles. The summed E-state index contributed by atoms with van der Waals surface area (Å²) in [7, 11) is 1.52. The summed E-state index contributed by atoms with van der Waals surface area (Å²) in [5, 5.41) is 7.99. The van der Waals surface area contributed by atoms with Gasteiger partial charge in [0.2, 0.25) is 5.89 Å². The fourth-order valence-electron chi connectivity index (χ4n) is 2.49. The Balaban J connectivity index is 1.81. The highest BCUT2D eigenvalue weighted by atomic mass is 35.5. The number of ether oxygens (including phenoxy) is 1. The molecule has 0 amide bonds. The van der Waals surface area contributed by atoms with Gasteiger partial charge in [0.1, 0.15) is 18.2 Å². The first-order valence-corrected chi connectivity index (χ1v) is 7.42. The third-order valence-corrected chi connectivity index (χ3v) is 3.89. The number of halogens is 1. The van der Waals surface area contributed by atoms with Crippen LogP contribution in [0.5, 0.6) is 5.75 Å². The summed E-state index contributed by atoms with van der Waals surface area (Å²) in [6, 6.07) is 9.06. The maximum atomic E-state index is 6.18. The standard InChI is InChI=1S/C16H12ClN5O2/c1-23-15-11(17)4-9(5-12(15)18)16-21-13-6-10(2-3-14(13)24-16)22-7-19-20-8-22/h2-8H,18H2,1H3. The number of benzene rings is 2. The number of nitrogens with zero attached hydrogens (tertiary/aromatic N) is 4. The third-order valence-electron chi connectivity index (χ3n) is 3.61. The van der Waals surface area contributed by atoms with Crippen LogP contribution in [0.25, 0.3) is 28.2 Å². The second-order valence-corrected chi connectivity index (χ2v) is 5.53. The second kappa shape index (κ2) is 5.54. The van der Waals surface area contributed by atoms with E-state index in [2.05, 4.69) is 15.2 Å². The lowest BCUT2D eigenvalue weighted by Gasteiger charge is -2.07. The smallest absolute Gasteiger partial charge is 0.227 e. The Bertz CT molecular complexity index is 1000. The Morgan fingerprint density at radius 2 is 1.96 bits per heavy atom. The largest absolute Gasteiger partial charge is 0.493 e. The lowest BCUT2D eigenvalue weighted by molar-refractivity contribution is 0.417. The highest BCUT2D eigenvalue weighted by Gasteiger charge is 2.14. The van der Waals surface area contributed by atoms with E-state index in [-0.39, 0.29) is 0 Å². The Morgan fingerprint density at radius 1 is 1.17 bits per heavy atom. The number of methoxy groups -OCH3 is 1. The number of oxazole rings is 1. The molecule has 0 unspecified atom stereocenters. The molecule has 0 radical (unpaired) electrons. The van der Waals surface area contributed by atoms with E-state index in [4.69, 9.17) is 26.5 Å². The molecule has 7 nitrogen and oxygen atoms in total. The molecule has 2 heterocycles. The van der Waals surface area contributed by atoms with Gasteiger partial charge in [-0.25, -0.2) is 4.98 Å². The molecule has 0 bridgehead atoms. The molecule has 4 rings (SSSR count). The summed E-state index contributed by atoms with van der Waals surface area (Å²) in [5.74, 6) is 0.869. The summed E-state index contributed by atoms with van der Waals surface area (Å²) >= 11 is 6.18. The van der Waals surface area contributed by atoms with Crippen LogP contribution in [-0.2, 0) is 0 Å². The minimum absolute atomic E-state index is 0.403. The molecule has 0 aliphatic rings. The van der Waals surface area contributed by atoms with Crippen molar-refractivity contribution in [1.82, 2.24) is 19.7 Å². The molecule has 0 fully saturated rings. The molecule has 120 valence electrons. The van der Waals surface area contributed by atoms with Gasteiger partial charge in [-0.05, 0) is 30.3 Å². The number of rotatable bonds is 3. The molecule has 0 aliphatic heterocycles. The fourth-order valence-corrected chi connectivity index (χ4v) is 2.79. The number of aromatic nitrogens is 4. The molecule has 0 spiro atoms. The lowest BCUT2D eigenvalue weighted by atomic mass is 10.2. The van der Waals surface area contributed by atoms with E-state index in [1.54, 1.807) is 29.4 Å². The molecule has 4 aromatic rings. The van der Waals surface area contributed by atoms with Crippen LogP contribution in [0.15, 0.2) is 47.4 Å². The van der Waals surface area contributed by atoms with Crippen molar-refractivity contribution < 1.29 is 9.15 Å². The number of fused-ring (bicyclic) bond motifs is 1. The van der Waals surface area contributed by atoms with Crippen LogP contribution in [0, 0.1) is 0 Å². The zero-order valence-corrected chi connectivity index (χ0v) is 13.4. The van der Waals surface area contributed by atoms with Gasteiger partial charge in [0.05, 0.1) is 23.5 Å². The van der Waals surface area contributed by atoms with Gasteiger partial charge < -0.3 is 14.9 Å². The molecule has 2 N–H and O–H groups in total. The van der Waals surface area contributed by atoms with Crippen molar-refractivity contribution in [2.75, 3.05) is 12.8 Å². The summed E-state index contributed by atoms with van der Waals surface area (Å²) in [6.45, 7) is 0.